The highest BCUT2D eigenvalue weighted by atomic mass is 32.1. The molecule has 1 aromatic carbocycles. The van der Waals surface area contributed by atoms with Crippen LogP contribution in [-0.2, 0) is 4.74 Å². The van der Waals surface area contributed by atoms with Crippen LogP contribution >= 0.6 is 11.3 Å². The smallest absolute Gasteiger partial charge is 0.348 e. The van der Waals surface area contributed by atoms with Crippen LogP contribution in [0.5, 0.6) is 0 Å². The second kappa shape index (κ2) is 5.37. The van der Waals surface area contributed by atoms with Gasteiger partial charge in [-0.05, 0) is 49.7 Å². The molecule has 0 unspecified atom stereocenters. The minimum atomic E-state index is -0.279. The fourth-order valence-corrected chi connectivity index (χ4v) is 3.39. The van der Waals surface area contributed by atoms with Crippen molar-refractivity contribution in [2.75, 3.05) is 7.11 Å². The van der Waals surface area contributed by atoms with Crippen molar-refractivity contribution < 1.29 is 9.53 Å². The first-order valence-corrected chi connectivity index (χ1v) is 7.71. The molecule has 0 spiro atoms. The highest BCUT2D eigenvalue weighted by molar-refractivity contribution is 7.17. The standard InChI is InChI=1S/C17H17NO2S/c1-11(2)18-9-8-12-10-13(4-5-14(12)18)15-6-7-16(21-15)17(19)20-3/h4-11H,1-3H3. The third-order valence-electron chi connectivity index (χ3n) is 3.55. The van der Waals surface area contributed by atoms with Crippen molar-refractivity contribution >= 4 is 28.2 Å². The first kappa shape index (κ1) is 13.9. The Morgan fingerprint density at radius 1 is 1.19 bits per heavy atom. The van der Waals surface area contributed by atoms with E-state index in [1.165, 1.54) is 29.3 Å². The zero-order valence-corrected chi connectivity index (χ0v) is 13.1. The maximum Gasteiger partial charge on any atom is 0.348 e. The molecule has 0 saturated heterocycles. The lowest BCUT2D eigenvalue weighted by atomic mass is 10.1. The van der Waals surface area contributed by atoms with Crippen LogP contribution < -0.4 is 0 Å². The molecule has 0 amide bonds. The second-order valence-electron chi connectivity index (χ2n) is 5.25. The van der Waals surface area contributed by atoms with E-state index in [9.17, 15) is 4.79 Å². The highest BCUT2D eigenvalue weighted by Gasteiger charge is 2.11. The summed E-state index contributed by atoms with van der Waals surface area (Å²) in [6, 6.07) is 12.8. The van der Waals surface area contributed by atoms with Crippen LogP contribution in [0.2, 0.25) is 0 Å². The number of carbonyl (C=O) groups excluding carboxylic acids is 1. The minimum Gasteiger partial charge on any atom is -0.465 e. The van der Waals surface area contributed by atoms with Crippen LogP contribution in [0.15, 0.2) is 42.6 Å². The van der Waals surface area contributed by atoms with E-state index in [0.29, 0.717) is 10.9 Å². The second-order valence-corrected chi connectivity index (χ2v) is 6.33. The number of hydrogen-bond donors (Lipinski definition) is 0. The van der Waals surface area contributed by atoms with E-state index in [-0.39, 0.29) is 5.97 Å². The monoisotopic (exact) mass is 299 g/mol. The van der Waals surface area contributed by atoms with Gasteiger partial charge in [0, 0.05) is 28.0 Å². The lowest BCUT2D eigenvalue weighted by molar-refractivity contribution is 0.0606. The Kier molecular flexibility index (Phi) is 3.55. The molecule has 0 atom stereocenters. The fraction of sp³-hybridized carbons (Fsp3) is 0.235. The summed E-state index contributed by atoms with van der Waals surface area (Å²) in [5, 5.41) is 1.22. The van der Waals surface area contributed by atoms with Gasteiger partial charge in [-0.15, -0.1) is 11.3 Å². The topological polar surface area (TPSA) is 31.2 Å². The van der Waals surface area contributed by atoms with Gasteiger partial charge in [0.25, 0.3) is 0 Å². The molecule has 0 bridgehead atoms. The maximum atomic E-state index is 11.5. The largest absolute Gasteiger partial charge is 0.465 e. The molecule has 2 aromatic heterocycles. The van der Waals surface area contributed by atoms with Gasteiger partial charge in [-0.25, -0.2) is 4.79 Å². The molecule has 0 fully saturated rings. The first-order valence-electron chi connectivity index (χ1n) is 6.89. The highest BCUT2D eigenvalue weighted by Crippen LogP contribution is 2.31. The van der Waals surface area contributed by atoms with Gasteiger partial charge in [0.1, 0.15) is 4.88 Å². The van der Waals surface area contributed by atoms with Crippen molar-refractivity contribution in [3.63, 3.8) is 0 Å². The summed E-state index contributed by atoms with van der Waals surface area (Å²) in [6.07, 6.45) is 2.12. The van der Waals surface area contributed by atoms with Crippen LogP contribution in [0.4, 0.5) is 0 Å². The third-order valence-corrected chi connectivity index (χ3v) is 4.67. The predicted octanol–water partition coefficient (Wildman–Crippen LogP) is 4.74. The minimum absolute atomic E-state index is 0.279. The molecule has 3 nitrogen and oxygen atoms in total. The quantitative estimate of drug-likeness (QED) is 0.654. The Balaban J connectivity index is 2.01. The Morgan fingerprint density at radius 2 is 2.00 bits per heavy atom. The lowest BCUT2D eigenvalue weighted by Gasteiger charge is -2.09. The summed E-state index contributed by atoms with van der Waals surface area (Å²) < 4.78 is 7.01. The molecule has 2 heterocycles. The zero-order chi connectivity index (χ0) is 15.0. The summed E-state index contributed by atoms with van der Waals surface area (Å²) in [7, 11) is 1.41. The average molecular weight is 299 g/mol. The van der Waals surface area contributed by atoms with Crippen molar-refractivity contribution in [2.24, 2.45) is 0 Å². The SMILES string of the molecule is COC(=O)c1ccc(-c2ccc3c(ccn3C(C)C)c2)s1. The van der Waals surface area contributed by atoms with Crippen LogP contribution in [0.25, 0.3) is 21.3 Å². The molecule has 21 heavy (non-hydrogen) atoms. The number of ether oxygens (including phenoxy) is 1. The van der Waals surface area contributed by atoms with E-state index >= 15 is 0 Å². The number of carbonyl (C=O) groups is 1. The van der Waals surface area contributed by atoms with Crippen molar-refractivity contribution in [3.05, 3.63) is 47.5 Å². The van der Waals surface area contributed by atoms with Gasteiger partial charge in [-0.2, -0.15) is 0 Å². The van der Waals surface area contributed by atoms with Gasteiger partial charge in [-0.3, -0.25) is 0 Å². The van der Waals surface area contributed by atoms with Gasteiger partial charge in [-0.1, -0.05) is 6.07 Å². The van der Waals surface area contributed by atoms with Gasteiger partial charge >= 0.3 is 5.97 Å². The zero-order valence-electron chi connectivity index (χ0n) is 12.3. The third kappa shape index (κ3) is 2.47. The molecule has 108 valence electrons. The summed E-state index contributed by atoms with van der Waals surface area (Å²) in [6.45, 7) is 4.35. The summed E-state index contributed by atoms with van der Waals surface area (Å²) in [5.41, 5.74) is 2.36. The van der Waals surface area contributed by atoms with Crippen molar-refractivity contribution in [1.29, 1.82) is 0 Å². The lowest BCUT2D eigenvalue weighted by Crippen LogP contribution is -1.97. The number of aromatic nitrogens is 1. The Hall–Kier alpha value is -2.07. The number of methoxy groups -OCH3 is 1. The molecule has 0 aliphatic rings. The van der Waals surface area contributed by atoms with Crippen LogP contribution in [-0.4, -0.2) is 17.6 Å². The number of esters is 1. The van der Waals surface area contributed by atoms with E-state index < -0.39 is 0 Å². The Bertz CT molecular complexity index is 798. The molecule has 0 aliphatic carbocycles. The van der Waals surface area contributed by atoms with Crippen molar-refractivity contribution in [3.8, 4) is 10.4 Å². The van der Waals surface area contributed by atoms with E-state index in [1.54, 1.807) is 0 Å². The number of rotatable bonds is 3. The molecule has 0 aliphatic heterocycles. The molecule has 0 saturated carbocycles. The number of nitrogens with zero attached hydrogens (tertiary/aromatic N) is 1. The molecule has 0 N–H and O–H groups in total. The van der Waals surface area contributed by atoms with Gasteiger partial charge in [0.2, 0.25) is 0 Å². The summed E-state index contributed by atoms with van der Waals surface area (Å²) >= 11 is 1.46. The van der Waals surface area contributed by atoms with Gasteiger partial charge in [0.05, 0.1) is 7.11 Å². The summed E-state index contributed by atoms with van der Waals surface area (Å²) in [4.78, 5) is 13.2. The predicted molar refractivity (Wildman–Crippen MR) is 87.0 cm³/mol. The molecule has 4 heteroatoms. The maximum absolute atomic E-state index is 11.5. The van der Waals surface area contributed by atoms with Crippen LogP contribution in [0.3, 0.4) is 0 Å². The van der Waals surface area contributed by atoms with Crippen molar-refractivity contribution in [2.45, 2.75) is 19.9 Å². The molecule has 3 rings (SSSR count). The van der Waals surface area contributed by atoms with Crippen LogP contribution in [0, 0.1) is 0 Å². The summed E-state index contributed by atoms with van der Waals surface area (Å²) in [5.74, 6) is -0.279. The van der Waals surface area contributed by atoms with E-state index in [4.69, 9.17) is 4.74 Å². The Morgan fingerprint density at radius 3 is 2.71 bits per heavy atom. The molecular formula is C17H17NO2S. The number of thiophene rings is 1. The molecule has 0 radical (unpaired) electrons. The van der Waals surface area contributed by atoms with E-state index in [2.05, 4.69) is 48.9 Å². The number of benzene rings is 1. The van der Waals surface area contributed by atoms with E-state index in [0.717, 1.165) is 10.4 Å². The van der Waals surface area contributed by atoms with Gasteiger partial charge < -0.3 is 9.30 Å². The number of hydrogen-bond acceptors (Lipinski definition) is 3. The first-order chi connectivity index (χ1) is 10.1. The van der Waals surface area contributed by atoms with E-state index in [1.807, 2.05) is 12.1 Å². The normalized spacial score (nSPS) is 11.2. The van der Waals surface area contributed by atoms with Gasteiger partial charge in [0.15, 0.2) is 0 Å². The Labute approximate surface area is 127 Å². The van der Waals surface area contributed by atoms with Crippen molar-refractivity contribution in [1.82, 2.24) is 4.57 Å². The molecule has 3 aromatic rings. The average Bonchev–Trinajstić information content (AvgIpc) is 3.12. The molecular weight excluding hydrogens is 282 g/mol. The number of fused-ring (bicyclic) bond motifs is 1. The fourth-order valence-electron chi connectivity index (χ4n) is 2.47. The van der Waals surface area contributed by atoms with Crippen LogP contribution in [0.1, 0.15) is 29.6 Å².